The van der Waals surface area contributed by atoms with Crippen molar-refractivity contribution in [2.45, 2.75) is 19.8 Å². The van der Waals surface area contributed by atoms with Gasteiger partial charge in [-0.2, -0.15) is 4.99 Å². The lowest BCUT2D eigenvalue weighted by Crippen LogP contribution is -2.39. The molecule has 7 nitrogen and oxygen atoms in total. The highest BCUT2D eigenvalue weighted by Crippen LogP contribution is 2.37. The van der Waals surface area contributed by atoms with Crippen molar-refractivity contribution in [3.05, 3.63) is 40.3 Å². The monoisotopic (exact) mass is 428 g/mol. The molecule has 0 bridgehead atoms. The summed E-state index contributed by atoms with van der Waals surface area (Å²) in [6.07, 6.45) is 5.27. The van der Waals surface area contributed by atoms with Gasteiger partial charge in [-0.3, -0.25) is 9.59 Å². The zero-order valence-corrected chi connectivity index (χ0v) is 17.9. The SMILES string of the molecule is CCOC(=O)C1CCN(C2=NC(=O)/C(=C/C3=Cc4cccc(OC)c4OC3)S2)CC1. The largest absolute Gasteiger partial charge is 0.493 e. The van der Waals surface area contributed by atoms with Crippen molar-refractivity contribution in [3.8, 4) is 11.5 Å². The van der Waals surface area contributed by atoms with E-state index in [0.29, 0.717) is 60.7 Å². The van der Waals surface area contributed by atoms with E-state index >= 15 is 0 Å². The fourth-order valence-corrected chi connectivity index (χ4v) is 4.69. The molecular weight excluding hydrogens is 404 g/mol. The Kier molecular flexibility index (Phi) is 6.13. The van der Waals surface area contributed by atoms with Crippen molar-refractivity contribution in [1.82, 2.24) is 4.90 Å². The molecule has 0 N–H and O–H groups in total. The highest BCUT2D eigenvalue weighted by Gasteiger charge is 2.32. The van der Waals surface area contributed by atoms with Crippen LogP contribution in [0.1, 0.15) is 25.3 Å². The third-order valence-electron chi connectivity index (χ3n) is 5.26. The summed E-state index contributed by atoms with van der Waals surface area (Å²) in [5.74, 6) is 0.976. The minimum atomic E-state index is -0.236. The molecule has 0 spiro atoms. The van der Waals surface area contributed by atoms with Crippen molar-refractivity contribution in [2.24, 2.45) is 10.9 Å². The Labute approximate surface area is 179 Å². The second-order valence-corrected chi connectivity index (χ2v) is 8.22. The van der Waals surface area contributed by atoms with E-state index in [1.165, 1.54) is 11.8 Å². The summed E-state index contributed by atoms with van der Waals surface area (Å²) in [4.78, 5) is 31.2. The van der Waals surface area contributed by atoms with E-state index in [1.54, 1.807) is 7.11 Å². The van der Waals surface area contributed by atoms with Gasteiger partial charge in [0, 0.05) is 18.7 Å². The van der Waals surface area contributed by atoms with Gasteiger partial charge < -0.3 is 19.1 Å². The van der Waals surface area contributed by atoms with Gasteiger partial charge in [0.25, 0.3) is 5.91 Å². The Morgan fingerprint density at radius 1 is 1.37 bits per heavy atom. The number of hydrogen-bond acceptors (Lipinski definition) is 7. The summed E-state index contributed by atoms with van der Waals surface area (Å²) >= 11 is 1.38. The van der Waals surface area contributed by atoms with Crippen LogP contribution < -0.4 is 9.47 Å². The quantitative estimate of drug-likeness (QED) is 0.538. The molecule has 8 heteroatoms. The average Bonchev–Trinajstić information content (AvgIpc) is 3.13. The van der Waals surface area contributed by atoms with E-state index in [2.05, 4.69) is 9.89 Å². The molecule has 1 fully saturated rings. The van der Waals surface area contributed by atoms with Gasteiger partial charge in [-0.15, -0.1) is 0 Å². The average molecular weight is 429 g/mol. The molecule has 3 aliphatic heterocycles. The van der Waals surface area contributed by atoms with E-state index in [0.717, 1.165) is 11.1 Å². The van der Waals surface area contributed by atoms with Crippen molar-refractivity contribution in [3.63, 3.8) is 0 Å². The summed E-state index contributed by atoms with van der Waals surface area (Å²) in [6.45, 7) is 3.97. The number of para-hydroxylation sites is 1. The van der Waals surface area contributed by atoms with Crippen molar-refractivity contribution in [2.75, 3.05) is 33.4 Å². The molecule has 1 aromatic rings. The second kappa shape index (κ2) is 8.95. The maximum absolute atomic E-state index is 12.4. The lowest BCUT2D eigenvalue weighted by molar-refractivity contribution is -0.149. The molecule has 1 amide bonds. The summed E-state index contributed by atoms with van der Waals surface area (Å²) in [5, 5.41) is 0.702. The number of fused-ring (bicyclic) bond motifs is 1. The molecular formula is C22H24N2O5S. The molecule has 3 heterocycles. The number of amides is 1. The second-order valence-electron chi connectivity index (χ2n) is 7.21. The predicted octanol–water partition coefficient (Wildman–Crippen LogP) is 3.26. The van der Waals surface area contributed by atoms with E-state index in [4.69, 9.17) is 14.2 Å². The van der Waals surface area contributed by atoms with Crippen LogP contribution in [0.15, 0.2) is 39.7 Å². The van der Waals surface area contributed by atoms with Crippen LogP contribution in [0, 0.1) is 5.92 Å². The van der Waals surface area contributed by atoms with Crippen molar-refractivity contribution < 1.29 is 23.8 Å². The number of carbonyl (C=O) groups excluding carboxylic acids is 2. The number of nitrogens with zero attached hydrogens (tertiary/aromatic N) is 2. The first-order valence-electron chi connectivity index (χ1n) is 10.0. The van der Waals surface area contributed by atoms with Gasteiger partial charge in [-0.1, -0.05) is 12.1 Å². The number of hydrogen-bond donors (Lipinski definition) is 0. The first kappa shape index (κ1) is 20.5. The molecule has 0 atom stereocenters. The van der Waals surface area contributed by atoms with Gasteiger partial charge in [0.15, 0.2) is 16.7 Å². The van der Waals surface area contributed by atoms with Gasteiger partial charge in [0.05, 0.1) is 24.5 Å². The molecule has 3 aliphatic rings. The summed E-state index contributed by atoms with van der Waals surface area (Å²) in [6, 6.07) is 5.72. The molecule has 4 rings (SSSR count). The minimum Gasteiger partial charge on any atom is -0.493 e. The Hall–Kier alpha value is -2.74. The number of piperidine rings is 1. The van der Waals surface area contributed by atoms with Gasteiger partial charge in [0.2, 0.25) is 0 Å². The van der Waals surface area contributed by atoms with Crippen LogP contribution in [0.4, 0.5) is 0 Å². The van der Waals surface area contributed by atoms with Crippen molar-refractivity contribution in [1.29, 1.82) is 0 Å². The number of benzene rings is 1. The van der Waals surface area contributed by atoms with Crippen LogP contribution in [0.3, 0.4) is 0 Å². The molecule has 1 saturated heterocycles. The zero-order chi connectivity index (χ0) is 21.1. The van der Waals surface area contributed by atoms with Crippen LogP contribution in [0.5, 0.6) is 11.5 Å². The first-order valence-corrected chi connectivity index (χ1v) is 10.8. The smallest absolute Gasteiger partial charge is 0.309 e. The lowest BCUT2D eigenvalue weighted by Gasteiger charge is -2.31. The number of esters is 1. The Morgan fingerprint density at radius 3 is 2.90 bits per heavy atom. The standard InChI is InChI=1S/C22H24N2O5S/c1-3-28-21(26)15-7-9-24(10-8-15)22-23-20(25)18(30-22)12-14-11-16-5-4-6-17(27-2)19(16)29-13-14/h4-6,11-12,15H,3,7-10,13H2,1-2H3/b18-12-. The number of amidine groups is 1. The van der Waals surface area contributed by atoms with Gasteiger partial charge >= 0.3 is 5.97 Å². The molecule has 1 aromatic carbocycles. The maximum Gasteiger partial charge on any atom is 0.309 e. The molecule has 0 unspecified atom stereocenters. The molecule has 0 radical (unpaired) electrons. The van der Waals surface area contributed by atoms with Gasteiger partial charge in [-0.25, -0.2) is 0 Å². The van der Waals surface area contributed by atoms with E-state index in [1.807, 2.05) is 37.3 Å². The molecule has 0 aliphatic carbocycles. The van der Waals surface area contributed by atoms with E-state index in [-0.39, 0.29) is 17.8 Å². The molecule has 30 heavy (non-hydrogen) atoms. The topological polar surface area (TPSA) is 77.4 Å². The van der Waals surface area contributed by atoms with Gasteiger partial charge in [-0.05, 0) is 55.3 Å². The third kappa shape index (κ3) is 4.23. The maximum atomic E-state index is 12.4. The fraction of sp³-hybridized carbons (Fsp3) is 0.409. The highest BCUT2D eigenvalue weighted by molar-refractivity contribution is 8.18. The lowest BCUT2D eigenvalue weighted by atomic mass is 9.97. The fourth-order valence-electron chi connectivity index (χ4n) is 3.71. The van der Waals surface area contributed by atoms with Crippen LogP contribution >= 0.6 is 11.8 Å². The predicted molar refractivity (Wildman–Crippen MR) is 116 cm³/mol. The first-order chi connectivity index (χ1) is 14.6. The Morgan fingerprint density at radius 2 is 2.17 bits per heavy atom. The number of carbonyl (C=O) groups is 2. The van der Waals surface area contributed by atoms with E-state index in [9.17, 15) is 9.59 Å². The normalized spacial score (nSPS) is 20.4. The molecule has 0 aromatic heterocycles. The number of ether oxygens (including phenoxy) is 3. The molecule has 0 saturated carbocycles. The Bertz CT molecular complexity index is 945. The third-order valence-corrected chi connectivity index (χ3v) is 6.31. The van der Waals surface area contributed by atoms with E-state index < -0.39 is 0 Å². The minimum absolute atomic E-state index is 0.0690. The highest BCUT2D eigenvalue weighted by atomic mass is 32.2. The number of rotatable bonds is 4. The van der Waals surface area contributed by atoms with Crippen molar-refractivity contribution >= 4 is 34.9 Å². The summed E-state index contributed by atoms with van der Waals surface area (Å²) in [7, 11) is 1.61. The summed E-state index contributed by atoms with van der Waals surface area (Å²) in [5.41, 5.74) is 1.83. The number of thioether (sulfide) groups is 1. The number of aliphatic imine (C=N–C) groups is 1. The summed E-state index contributed by atoms with van der Waals surface area (Å²) < 4.78 is 16.3. The number of likely N-dealkylation sites (tertiary alicyclic amines) is 1. The van der Waals surface area contributed by atoms with Crippen LogP contribution in [0.2, 0.25) is 0 Å². The zero-order valence-electron chi connectivity index (χ0n) is 17.1. The van der Waals surface area contributed by atoms with Crippen LogP contribution in [-0.4, -0.2) is 55.4 Å². The Balaban J connectivity index is 1.41. The number of methoxy groups -OCH3 is 1. The van der Waals surface area contributed by atoms with Crippen LogP contribution in [-0.2, 0) is 14.3 Å². The molecule has 158 valence electrons. The van der Waals surface area contributed by atoms with Gasteiger partial charge in [0.1, 0.15) is 6.61 Å². The van der Waals surface area contributed by atoms with Crippen LogP contribution in [0.25, 0.3) is 6.08 Å².